The van der Waals surface area contributed by atoms with Crippen molar-refractivity contribution in [2.24, 2.45) is 7.05 Å². The molecule has 0 aliphatic heterocycles. The van der Waals surface area contributed by atoms with Crippen molar-refractivity contribution >= 4 is 17.1 Å². The number of aromatic nitrogens is 4. The van der Waals surface area contributed by atoms with E-state index in [1.54, 1.807) is 43.1 Å². The highest BCUT2D eigenvalue weighted by Crippen LogP contribution is 2.19. The summed E-state index contributed by atoms with van der Waals surface area (Å²) in [5.41, 5.74) is -0.707. The Hall–Kier alpha value is -3.31. The van der Waals surface area contributed by atoms with E-state index in [1.807, 2.05) is 0 Å². The molecule has 31 heavy (non-hydrogen) atoms. The minimum atomic E-state index is -0.935. The lowest BCUT2D eigenvalue weighted by molar-refractivity contribution is 0.0938. The zero-order valence-corrected chi connectivity index (χ0v) is 17.8. The van der Waals surface area contributed by atoms with Crippen LogP contribution in [-0.2, 0) is 18.3 Å². The van der Waals surface area contributed by atoms with Gasteiger partial charge in [-0.3, -0.25) is 14.3 Å². The van der Waals surface area contributed by atoms with Gasteiger partial charge in [-0.2, -0.15) is 4.98 Å². The topological polar surface area (TPSA) is 133 Å². The average molecular weight is 433 g/mol. The van der Waals surface area contributed by atoms with Gasteiger partial charge in [0.1, 0.15) is 24.2 Å². The van der Waals surface area contributed by atoms with Crippen molar-refractivity contribution < 1.29 is 19.3 Å². The summed E-state index contributed by atoms with van der Waals surface area (Å²) >= 11 is 0. The maximum atomic E-state index is 12.5. The number of fused-ring (bicyclic) bond motifs is 1. The van der Waals surface area contributed by atoms with E-state index in [1.165, 1.54) is 11.6 Å². The average Bonchev–Trinajstić information content (AvgIpc) is 3.12. The van der Waals surface area contributed by atoms with E-state index in [0.29, 0.717) is 30.6 Å². The molecule has 3 rings (SSSR count). The Morgan fingerprint density at radius 2 is 1.90 bits per heavy atom. The molecule has 3 aromatic rings. The number of nitrogens with one attached hydrogen (secondary N) is 2. The highest BCUT2D eigenvalue weighted by Gasteiger charge is 2.19. The molecule has 0 amide bonds. The predicted molar refractivity (Wildman–Crippen MR) is 115 cm³/mol. The van der Waals surface area contributed by atoms with E-state index < -0.39 is 17.4 Å². The van der Waals surface area contributed by atoms with E-state index in [9.17, 15) is 14.7 Å². The van der Waals surface area contributed by atoms with Crippen molar-refractivity contribution in [2.45, 2.75) is 19.1 Å². The molecule has 0 aliphatic rings. The smallest absolute Gasteiger partial charge is 0.329 e. The third-order valence-corrected chi connectivity index (χ3v) is 4.71. The number of aliphatic hydroxyl groups is 1. The van der Waals surface area contributed by atoms with Crippen LogP contribution in [0.1, 0.15) is 6.42 Å². The van der Waals surface area contributed by atoms with E-state index >= 15 is 0 Å². The van der Waals surface area contributed by atoms with Gasteiger partial charge in [0, 0.05) is 27.3 Å². The van der Waals surface area contributed by atoms with Crippen molar-refractivity contribution in [1.29, 1.82) is 0 Å². The second kappa shape index (κ2) is 10.1. The van der Waals surface area contributed by atoms with Crippen LogP contribution in [-0.4, -0.2) is 64.3 Å². The first-order valence-corrected chi connectivity index (χ1v) is 9.82. The first kappa shape index (κ1) is 22.4. The third-order valence-electron chi connectivity index (χ3n) is 4.71. The minimum Gasteiger partial charge on any atom is -0.497 e. The predicted octanol–water partition coefficient (Wildman–Crippen LogP) is 0.320. The van der Waals surface area contributed by atoms with Gasteiger partial charge in [0.25, 0.3) is 5.56 Å². The first-order chi connectivity index (χ1) is 14.9. The van der Waals surface area contributed by atoms with Gasteiger partial charge in [0.2, 0.25) is 5.95 Å². The van der Waals surface area contributed by atoms with Crippen molar-refractivity contribution in [3.05, 3.63) is 45.1 Å². The second-order valence-electron chi connectivity index (χ2n) is 6.95. The largest absolute Gasteiger partial charge is 0.497 e. The lowest BCUT2D eigenvalue weighted by atomic mass is 10.3. The fraction of sp³-hybridized carbons (Fsp3) is 0.450. The summed E-state index contributed by atoms with van der Waals surface area (Å²) in [6.07, 6.45) is -0.214. The number of aliphatic hydroxyl groups excluding tert-OH is 1. The zero-order chi connectivity index (χ0) is 22.4. The van der Waals surface area contributed by atoms with Gasteiger partial charge in [-0.15, -0.1) is 0 Å². The number of hydrogen-bond donors (Lipinski definition) is 3. The minimum absolute atomic E-state index is 0.00120. The molecule has 0 saturated carbocycles. The molecular formula is C20H27N5O6. The Balaban J connectivity index is 1.81. The Morgan fingerprint density at radius 3 is 2.58 bits per heavy atom. The number of benzene rings is 1. The summed E-state index contributed by atoms with van der Waals surface area (Å²) in [6, 6.07) is 6.99. The Bertz CT molecular complexity index is 1120. The first-order valence-electron chi connectivity index (χ1n) is 9.82. The fourth-order valence-electron chi connectivity index (χ4n) is 3.09. The van der Waals surface area contributed by atoms with Crippen LogP contribution in [0.3, 0.4) is 0 Å². The summed E-state index contributed by atoms with van der Waals surface area (Å²) in [6.45, 7) is 1.14. The second-order valence-corrected chi connectivity index (χ2v) is 6.95. The van der Waals surface area contributed by atoms with Gasteiger partial charge in [-0.25, -0.2) is 4.79 Å². The SMILES string of the molecule is COCCCNc1nc2c(c(=O)[nH]c(=O)n2C)n1C[C@H](O)COc1ccc(OC)cc1. The molecule has 0 saturated heterocycles. The van der Waals surface area contributed by atoms with Crippen LogP contribution in [0, 0.1) is 0 Å². The maximum absolute atomic E-state index is 12.5. The number of methoxy groups -OCH3 is 2. The summed E-state index contributed by atoms with van der Waals surface area (Å²) in [5, 5.41) is 13.7. The van der Waals surface area contributed by atoms with Gasteiger partial charge in [-0.05, 0) is 30.7 Å². The van der Waals surface area contributed by atoms with Crippen molar-refractivity contribution in [1.82, 2.24) is 19.1 Å². The molecule has 1 atom stereocenters. The molecule has 0 spiro atoms. The summed E-state index contributed by atoms with van der Waals surface area (Å²) in [4.78, 5) is 31.1. The zero-order valence-electron chi connectivity index (χ0n) is 17.8. The molecule has 0 bridgehead atoms. The van der Waals surface area contributed by atoms with Crippen LogP contribution in [0.25, 0.3) is 11.2 Å². The van der Waals surface area contributed by atoms with Crippen LogP contribution < -0.4 is 26.0 Å². The molecule has 0 unspecified atom stereocenters. The quantitative estimate of drug-likeness (QED) is 0.368. The van der Waals surface area contributed by atoms with Crippen molar-refractivity contribution in [2.75, 3.05) is 39.3 Å². The maximum Gasteiger partial charge on any atom is 0.329 e. The van der Waals surface area contributed by atoms with Crippen molar-refractivity contribution in [3.8, 4) is 11.5 Å². The van der Waals surface area contributed by atoms with E-state index in [-0.39, 0.29) is 24.3 Å². The lowest BCUT2D eigenvalue weighted by Gasteiger charge is -2.16. The number of hydrogen-bond acceptors (Lipinski definition) is 8. The number of ether oxygens (including phenoxy) is 3. The highest BCUT2D eigenvalue weighted by atomic mass is 16.5. The fourth-order valence-corrected chi connectivity index (χ4v) is 3.09. The van der Waals surface area contributed by atoms with Gasteiger partial charge >= 0.3 is 5.69 Å². The standard InChI is InChI=1S/C20H27N5O6/c1-24-17-16(18(27)23-20(24)28)25(19(22-17)21-9-4-10-29-2)11-13(26)12-31-15-7-5-14(30-3)6-8-15/h5-8,13,26H,4,9-12H2,1-3H3,(H,21,22)(H,23,27,28)/t13-/m0/s1. The van der Waals surface area contributed by atoms with Gasteiger partial charge in [0.05, 0.1) is 13.7 Å². The molecule has 0 fully saturated rings. The van der Waals surface area contributed by atoms with Gasteiger partial charge in [-0.1, -0.05) is 0 Å². The molecule has 168 valence electrons. The van der Waals surface area contributed by atoms with Crippen LogP contribution in [0.2, 0.25) is 0 Å². The van der Waals surface area contributed by atoms with Gasteiger partial charge in [0.15, 0.2) is 11.2 Å². The number of aryl methyl sites for hydroxylation is 1. The Labute approximate surface area is 178 Å². The molecule has 2 heterocycles. The Morgan fingerprint density at radius 1 is 1.19 bits per heavy atom. The van der Waals surface area contributed by atoms with Crippen molar-refractivity contribution in [3.63, 3.8) is 0 Å². The number of nitrogens with zero attached hydrogens (tertiary/aromatic N) is 3. The van der Waals surface area contributed by atoms with E-state index in [2.05, 4.69) is 15.3 Å². The highest BCUT2D eigenvalue weighted by molar-refractivity contribution is 5.74. The monoisotopic (exact) mass is 433 g/mol. The Kier molecular flexibility index (Phi) is 7.32. The van der Waals surface area contributed by atoms with Crippen LogP contribution in [0.15, 0.2) is 33.9 Å². The molecule has 11 heteroatoms. The van der Waals surface area contributed by atoms with Crippen LogP contribution >= 0.6 is 0 Å². The van der Waals surface area contributed by atoms with E-state index in [0.717, 1.165) is 6.42 Å². The molecular weight excluding hydrogens is 406 g/mol. The molecule has 1 aromatic carbocycles. The number of aromatic amines is 1. The van der Waals surface area contributed by atoms with E-state index in [4.69, 9.17) is 14.2 Å². The summed E-state index contributed by atoms with van der Waals surface area (Å²) in [5.74, 6) is 1.65. The number of anilines is 1. The molecule has 3 N–H and O–H groups in total. The number of rotatable bonds is 11. The van der Waals surface area contributed by atoms with Crippen LogP contribution in [0.5, 0.6) is 11.5 Å². The number of imidazole rings is 1. The molecule has 2 aromatic heterocycles. The van der Waals surface area contributed by atoms with Gasteiger partial charge < -0.3 is 29.2 Å². The van der Waals surface area contributed by atoms with Crippen LogP contribution in [0.4, 0.5) is 5.95 Å². The summed E-state index contributed by atoms with van der Waals surface area (Å²) < 4.78 is 18.6. The lowest BCUT2D eigenvalue weighted by Crippen LogP contribution is -2.31. The molecule has 0 aliphatic carbocycles. The number of H-pyrrole nitrogens is 1. The molecule has 11 nitrogen and oxygen atoms in total. The summed E-state index contributed by atoms with van der Waals surface area (Å²) in [7, 11) is 4.72. The third kappa shape index (κ3) is 5.25. The molecule has 0 radical (unpaired) electrons. The normalized spacial score (nSPS) is 12.1.